The molecule has 2 heterocycles. The van der Waals surface area contributed by atoms with Crippen LogP contribution in [0.2, 0.25) is 0 Å². The van der Waals surface area contributed by atoms with Crippen molar-refractivity contribution >= 4 is 5.69 Å². The minimum Gasteiger partial charge on any atom is -0.466 e. The van der Waals surface area contributed by atoms with E-state index in [1.54, 1.807) is 6.20 Å². The third kappa shape index (κ3) is 3.84. The fourth-order valence-electron chi connectivity index (χ4n) is 2.51. The first-order valence-corrected chi connectivity index (χ1v) is 7.47. The van der Waals surface area contributed by atoms with Crippen molar-refractivity contribution in [2.75, 3.05) is 31.4 Å². The summed E-state index contributed by atoms with van der Waals surface area (Å²) in [7, 11) is 0. The molecular weight excluding hydrogens is 254 g/mol. The minimum absolute atomic E-state index is 0.259. The predicted molar refractivity (Wildman–Crippen MR) is 77.8 cm³/mol. The standard InChI is InChI=1S/C15H23N3O2/c16-13-2-1-5-18(9-13)14-6-15(8-17-7-14)20-11-19-10-12-3-4-12/h6-8,12-13H,1-5,9-11,16H2. The predicted octanol–water partition coefficient (Wildman–Crippen LogP) is 1.77. The van der Waals surface area contributed by atoms with E-state index in [9.17, 15) is 0 Å². The Morgan fingerprint density at radius 2 is 2.20 bits per heavy atom. The first-order chi connectivity index (χ1) is 9.81. The van der Waals surface area contributed by atoms with Gasteiger partial charge in [0.1, 0.15) is 5.75 Å². The van der Waals surface area contributed by atoms with Crippen LogP contribution in [0.25, 0.3) is 0 Å². The van der Waals surface area contributed by atoms with E-state index < -0.39 is 0 Å². The van der Waals surface area contributed by atoms with Crippen LogP contribution in [0, 0.1) is 5.92 Å². The number of anilines is 1. The molecule has 0 radical (unpaired) electrons. The number of nitrogens with two attached hydrogens (primary N) is 1. The van der Waals surface area contributed by atoms with Gasteiger partial charge in [0.25, 0.3) is 0 Å². The fraction of sp³-hybridized carbons (Fsp3) is 0.667. The highest BCUT2D eigenvalue weighted by Crippen LogP contribution is 2.29. The number of rotatable bonds is 6. The summed E-state index contributed by atoms with van der Waals surface area (Å²) in [6.45, 7) is 3.05. The zero-order valence-corrected chi connectivity index (χ0v) is 11.8. The minimum atomic E-state index is 0.259. The lowest BCUT2D eigenvalue weighted by Crippen LogP contribution is -2.42. The lowest BCUT2D eigenvalue weighted by atomic mass is 10.1. The van der Waals surface area contributed by atoms with Gasteiger partial charge in [-0.3, -0.25) is 4.98 Å². The Hall–Kier alpha value is -1.33. The Bertz CT molecular complexity index is 437. The van der Waals surface area contributed by atoms with Gasteiger partial charge < -0.3 is 20.1 Å². The molecule has 5 nitrogen and oxygen atoms in total. The van der Waals surface area contributed by atoms with Crippen LogP contribution in [-0.2, 0) is 4.74 Å². The normalized spacial score (nSPS) is 22.9. The van der Waals surface area contributed by atoms with Crippen LogP contribution in [0.15, 0.2) is 18.5 Å². The fourth-order valence-corrected chi connectivity index (χ4v) is 2.51. The van der Waals surface area contributed by atoms with E-state index >= 15 is 0 Å². The number of piperidine rings is 1. The number of aromatic nitrogens is 1. The average Bonchev–Trinajstić information content (AvgIpc) is 3.28. The van der Waals surface area contributed by atoms with Gasteiger partial charge in [-0.2, -0.15) is 0 Å². The maximum atomic E-state index is 6.02. The second-order valence-electron chi connectivity index (χ2n) is 5.80. The highest BCUT2D eigenvalue weighted by atomic mass is 16.7. The Balaban J connectivity index is 1.51. The highest BCUT2D eigenvalue weighted by molar-refractivity contribution is 5.48. The molecule has 2 fully saturated rings. The highest BCUT2D eigenvalue weighted by Gasteiger charge is 2.21. The Kier molecular flexibility index (Phi) is 4.38. The second kappa shape index (κ2) is 6.41. The van der Waals surface area contributed by atoms with Crippen molar-refractivity contribution in [3.63, 3.8) is 0 Å². The lowest BCUT2D eigenvalue weighted by Gasteiger charge is -2.32. The smallest absolute Gasteiger partial charge is 0.189 e. The summed E-state index contributed by atoms with van der Waals surface area (Å²) in [6.07, 6.45) is 8.44. The molecular formula is C15H23N3O2. The van der Waals surface area contributed by atoms with Gasteiger partial charge in [0.2, 0.25) is 0 Å². The van der Waals surface area contributed by atoms with Crippen molar-refractivity contribution in [3.8, 4) is 5.75 Å². The summed E-state index contributed by atoms with van der Waals surface area (Å²) in [5, 5.41) is 0. The van der Waals surface area contributed by atoms with Gasteiger partial charge in [0, 0.05) is 25.2 Å². The summed E-state index contributed by atoms with van der Waals surface area (Å²) in [4.78, 5) is 6.52. The molecule has 1 saturated heterocycles. The number of nitrogens with zero attached hydrogens (tertiary/aromatic N) is 2. The van der Waals surface area contributed by atoms with Crippen LogP contribution in [0.5, 0.6) is 5.75 Å². The van der Waals surface area contributed by atoms with Crippen molar-refractivity contribution in [3.05, 3.63) is 18.5 Å². The van der Waals surface area contributed by atoms with Crippen molar-refractivity contribution in [1.29, 1.82) is 0 Å². The molecule has 1 unspecified atom stereocenters. The van der Waals surface area contributed by atoms with Crippen molar-refractivity contribution < 1.29 is 9.47 Å². The molecule has 0 amide bonds. The summed E-state index contributed by atoms with van der Waals surface area (Å²) in [5.74, 6) is 1.52. The van der Waals surface area contributed by atoms with E-state index in [1.165, 1.54) is 12.8 Å². The number of hydrogen-bond donors (Lipinski definition) is 1. The molecule has 110 valence electrons. The number of hydrogen-bond acceptors (Lipinski definition) is 5. The SMILES string of the molecule is NC1CCCN(c2cncc(OCOCC3CC3)c2)C1. The van der Waals surface area contributed by atoms with Gasteiger partial charge in [-0.1, -0.05) is 0 Å². The number of pyridine rings is 1. The van der Waals surface area contributed by atoms with Gasteiger partial charge in [0.15, 0.2) is 6.79 Å². The maximum Gasteiger partial charge on any atom is 0.189 e. The van der Waals surface area contributed by atoms with Gasteiger partial charge in [-0.15, -0.1) is 0 Å². The van der Waals surface area contributed by atoms with E-state index in [-0.39, 0.29) is 6.04 Å². The zero-order valence-electron chi connectivity index (χ0n) is 11.8. The summed E-state index contributed by atoms with van der Waals surface area (Å²) < 4.78 is 11.1. The quantitative estimate of drug-likeness (QED) is 0.634. The molecule has 1 aromatic rings. The monoisotopic (exact) mass is 277 g/mol. The molecule has 0 bridgehead atoms. The maximum absolute atomic E-state index is 6.02. The molecule has 3 rings (SSSR count). The zero-order chi connectivity index (χ0) is 13.8. The molecule has 20 heavy (non-hydrogen) atoms. The molecule has 0 aromatic carbocycles. The number of ether oxygens (including phenoxy) is 2. The molecule has 1 aliphatic carbocycles. The van der Waals surface area contributed by atoms with Crippen LogP contribution < -0.4 is 15.4 Å². The van der Waals surface area contributed by atoms with E-state index in [4.69, 9.17) is 15.2 Å². The molecule has 1 aromatic heterocycles. The summed E-state index contributed by atoms with van der Waals surface area (Å²) >= 11 is 0. The van der Waals surface area contributed by atoms with Crippen LogP contribution in [0.4, 0.5) is 5.69 Å². The Morgan fingerprint density at radius 1 is 1.30 bits per heavy atom. The molecule has 0 spiro atoms. The van der Waals surface area contributed by atoms with E-state index in [0.717, 1.165) is 49.9 Å². The van der Waals surface area contributed by atoms with Crippen LogP contribution in [-0.4, -0.2) is 37.5 Å². The van der Waals surface area contributed by atoms with Gasteiger partial charge in [-0.25, -0.2) is 0 Å². The lowest BCUT2D eigenvalue weighted by molar-refractivity contribution is 0.00981. The van der Waals surface area contributed by atoms with Gasteiger partial charge in [0.05, 0.1) is 24.7 Å². The van der Waals surface area contributed by atoms with E-state index in [1.807, 2.05) is 12.3 Å². The van der Waals surface area contributed by atoms with E-state index in [2.05, 4.69) is 9.88 Å². The van der Waals surface area contributed by atoms with Crippen molar-refractivity contribution in [2.24, 2.45) is 11.7 Å². The Morgan fingerprint density at radius 3 is 3.00 bits per heavy atom. The topological polar surface area (TPSA) is 60.6 Å². The first kappa shape index (κ1) is 13.6. The molecule has 1 atom stereocenters. The molecule has 2 N–H and O–H groups in total. The average molecular weight is 277 g/mol. The van der Waals surface area contributed by atoms with Crippen molar-refractivity contribution in [2.45, 2.75) is 31.7 Å². The van der Waals surface area contributed by atoms with Crippen LogP contribution in [0.1, 0.15) is 25.7 Å². The molecule has 2 aliphatic rings. The van der Waals surface area contributed by atoms with Gasteiger partial charge in [-0.05, 0) is 31.6 Å². The van der Waals surface area contributed by atoms with Crippen molar-refractivity contribution in [1.82, 2.24) is 4.98 Å². The third-order valence-corrected chi connectivity index (χ3v) is 3.88. The van der Waals surface area contributed by atoms with Gasteiger partial charge >= 0.3 is 0 Å². The van der Waals surface area contributed by atoms with E-state index in [0.29, 0.717) is 6.79 Å². The van der Waals surface area contributed by atoms with Crippen LogP contribution in [0.3, 0.4) is 0 Å². The third-order valence-electron chi connectivity index (χ3n) is 3.88. The summed E-state index contributed by atoms with van der Waals surface area (Å²) in [6, 6.07) is 2.28. The molecule has 5 heteroatoms. The second-order valence-corrected chi connectivity index (χ2v) is 5.80. The molecule has 1 saturated carbocycles. The Labute approximate surface area is 120 Å². The molecule has 1 aliphatic heterocycles. The largest absolute Gasteiger partial charge is 0.466 e. The summed E-state index contributed by atoms with van der Waals surface area (Å²) in [5.41, 5.74) is 7.10. The first-order valence-electron chi connectivity index (χ1n) is 7.47. The van der Waals surface area contributed by atoms with Crippen LogP contribution >= 0.6 is 0 Å².